The molecule has 0 fully saturated rings. The fraction of sp³-hybridized carbons (Fsp3) is 1.00. The van der Waals surface area contributed by atoms with Gasteiger partial charge in [-0.1, -0.05) is 0 Å². The molecule has 0 rings (SSSR count). The number of aliphatic hydroxyl groups excluding tert-OH is 1. The Morgan fingerprint density at radius 1 is 0.622 bits per heavy atom. The molecule has 2 unspecified atom stereocenters. The first-order valence-corrected chi connectivity index (χ1v) is 13.8. The van der Waals surface area contributed by atoms with Crippen LogP contribution in [0.1, 0.15) is 95.4 Å². The molecule has 8 heteroatoms. The van der Waals surface area contributed by atoms with Gasteiger partial charge in [-0.05, 0) is 95.4 Å². The summed E-state index contributed by atoms with van der Waals surface area (Å²) in [5, 5.41) is 9.88. The molecule has 224 valence electrons. The highest BCUT2D eigenvalue weighted by atomic mass is 16.6. The van der Waals surface area contributed by atoms with Gasteiger partial charge in [0.2, 0.25) is 0 Å². The number of rotatable bonds is 22. The zero-order chi connectivity index (χ0) is 28.8. The highest BCUT2D eigenvalue weighted by molar-refractivity contribution is 4.76. The molecule has 0 aliphatic rings. The quantitative estimate of drug-likeness (QED) is 0.203. The van der Waals surface area contributed by atoms with Crippen LogP contribution in [0, 0.1) is 0 Å². The van der Waals surface area contributed by atoms with E-state index in [1.807, 2.05) is 62.3 Å². The van der Waals surface area contributed by atoms with Crippen LogP contribution in [0.25, 0.3) is 0 Å². The Morgan fingerprint density at radius 2 is 1.14 bits per heavy atom. The summed E-state index contributed by atoms with van der Waals surface area (Å²) in [4.78, 5) is 0. The second-order valence-electron chi connectivity index (χ2n) is 12.9. The minimum atomic E-state index is -0.442. The molecule has 0 aromatic rings. The second kappa shape index (κ2) is 17.4. The Morgan fingerprint density at radius 3 is 1.65 bits per heavy atom. The van der Waals surface area contributed by atoms with Crippen LogP contribution in [-0.4, -0.2) is 99.2 Å². The van der Waals surface area contributed by atoms with Gasteiger partial charge in [-0.15, -0.1) is 0 Å². The third kappa shape index (κ3) is 21.2. The molecule has 0 aliphatic carbocycles. The number of hydrogen-bond donors (Lipinski definition) is 1. The molecule has 37 heavy (non-hydrogen) atoms. The molecule has 0 aromatic carbocycles. The molecule has 0 aromatic heterocycles. The van der Waals surface area contributed by atoms with Crippen LogP contribution in [0.2, 0.25) is 0 Å². The molecule has 0 saturated carbocycles. The molecule has 0 aliphatic heterocycles. The number of hydrogen-bond acceptors (Lipinski definition) is 8. The summed E-state index contributed by atoms with van der Waals surface area (Å²) in [6, 6.07) is 0. The van der Waals surface area contributed by atoms with Crippen molar-refractivity contribution in [3.8, 4) is 0 Å². The summed E-state index contributed by atoms with van der Waals surface area (Å²) in [7, 11) is 1.69. The summed E-state index contributed by atoms with van der Waals surface area (Å²) in [5.74, 6) is 0. The van der Waals surface area contributed by atoms with E-state index in [9.17, 15) is 5.11 Å². The van der Waals surface area contributed by atoms with Crippen molar-refractivity contribution in [2.75, 3.05) is 53.4 Å². The van der Waals surface area contributed by atoms with Crippen molar-refractivity contribution in [1.82, 2.24) is 0 Å². The number of ether oxygens (including phenoxy) is 7. The molecular weight excluding hydrogens is 476 g/mol. The molecule has 0 heterocycles. The van der Waals surface area contributed by atoms with Crippen LogP contribution >= 0.6 is 0 Å². The van der Waals surface area contributed by atoms with Crippen LogP contribution in [0.15, 0.2) is 0 Å². The van der Waals surface area contributed by atoms with E-state index in [1.54, 1.807) is 7.11 Å². The van der Waals surface area contributed by atoms with Gasteiger partial charge in [0.25, 0.3) is 0 Å². The summed E-state index contributed by atoms with van der Waals surface area (Å²) in [6.07, 6.45) is 1.68. The van der Waals surface area contributed by atoms with Gasteiger partial charge in [0.05, 0.1) is 54.9 Å². The third-order valence-corrected chi connectivity index (χ3v) is 5.75. The average molecular weight is 537 g/mol. The zero-order valence-corrected chi connectivity index (χ0v) is 26.1. The van der Waals surface area contributed by atoms with E-state index in [2.05, 4.69) is 13.8 Å². The van der Waals surface area contributed by atoms with E-state index in [0.29, 0.717) is 33.0 Å². The van der Waals surface area contributed by atoms with Crippen LogP contribution in [-0.2, 0) is 33.2 Å². The van der Waals surface area contributed by atoms with Crippen molar-refractivity contribution in [3.63, 3.8) is 0 Å². The Balaban J connectivity index is 4.97. The average Bonchev–Trinajstić information content (AvgIpc) is 2.73. The van der Waals surface area contributed by atoms with Gasteiger partial charge in [-0.3, -0.25) is 0 Å². The summed E-state index contributed by atoms with van der Waals surface area (Å²) < 4.78 is 41.6. The maximum absolute atomic E-state index is 9.88. The maximum Gasteiger partial charge on any atom is 0.105 e. The smallest absolute Gasteiger partial charge is 0.105 e. The first kappa shape index (κ1) is 36.7. The highest BCUT2D eigenvalue weighted by Gasteiger charge is 2.29. The SMILES string of the molecule is COCCC(C)(C)OC(COCC(CO)OC(C)(C)CCOC(C)C)COC(C)(C)CCOC(C)(C)C. The topological polar surface area (TPSA) is 84.8 Å². The van der Waals surface area contributed by atoms with Crippen LogP contribution in [0.4, 0.5) is 0 Å². The van der Waals surface area contributed by atoms with Gasteiger partial charge in [0.1, 0.15) is 12.2 Å². The lowest BCUT2D eigenvalue weighted by Gasteiger charge is -2.34. The maximum atomic E-state index is 9.88. The summed E-state index contributed by atoms with van der Waals surface area (Å²) in [5.41, 5.74) is -1.39. The van der Waals surface area contributed by atoms with Crippen molar-refractivity contribution in [2.45, 2.75) is 136 Å². The standard InChI is InChI=1S/C29H60O8/c1-23(2)33-17-14-29(10,11)36-24(19-30)20-32-21-25(37-28(8,9)13-16-31-12)22-35-27(6,7)15-18-34-26(3,4)5/h23-25,30H,13-22H2,1-12H3. The van der Waals surface area contributed by atoms with Gasteiger partial charge in [-0.2, -0.15) is 0 Å². The minimum absolute atomic E-state index is 0.128. The molecule has 0 amide bonds. The Hall–Kier alpha value is -0.320. The lowest BCUT2D eigenvalue weighted by atomic mass is 10.0. The predicted octanol–water partition coefficient (Wildman–Crippen LogP) is 5.17. The Bertz CT molecular complexity index is 569. The minimum Gasteiger partial charge on any atom is -0.394 e. The van der Waals surface area contributed by atoms with Gasteiger partial charge in [0.15, 0.2) is 0 Å². The van der Waals surface area contributed by atoms with E-state index < -0.39 is 17.3 Å². The largest absolute Gasteiger partial charge is 0.394 e. The fourth-order valence-corrected chi connectivity index (χ4v) is 3.47. The van der Waals surface area contributed by atoms with Gasteiger partial charge in [0, 0.05) is 26.9 Å². The lowest BCUT2D eigenvalue weighted by molar-refractivity contribution is -0.171. The second-order valence-corrected chi connectivity index (χ2v) is 12.9. The Kier molecular flexibility index (Phi) is 17.2. The van der Waals surface area contributed by atoms with E-state index in [-0.39, 0.29) is 36.6 Å². The molecule has 0 bridgehead atoms. The normalized spacial score (nSPS) is 15.4. The number of aliphatic hydroxyl groups is 1. The molecular formula is C29H60O8. The number of methoxy groups -OCH3 is 1. The van der Waals surface area contributed by atoms with Gasteiger partial charge in [-0.25, -0.2) is 0 Å². The molecule has 0 radical (unpaired) electrons. The molecule has 2 atom stereocenters. The molecule has 0 spiro atoms. The van der Waals surface area contributed by atoms with Crippen molar-refractivity contribution in [1.29, 1.82) is 0 Å². The Labute approximate surface area is 228 Å². The van der Waals surface area contributed by atoms with Crippen LogP contribution < -0.4 is 0 Å². The zero-order valence-electron chi connectivity index (χ0n) is 26.1. The predicted molar refractivity (Wildman–Crippen MR) is 148 cm³/mol. The van der Waals surface area contributed by atoms with Crippen molar-refractivity contribution >= 4 is 0 Å². The van der Waals surface area contributed by atoms with Crippen LogP contribution in [0.5, 0.6) is 0 Å². The summed E-state index contributed by atoms with van der Waals surface area (Å²) in [6.45, 7) is 25.0. The van der Waals surface area contributed by atoms with Crippen LogP contribution in [0.3, 0.4) is 0 Å². The monoisotopic (exact) mass is 536 g/mol. The van der Waals surface area contributed by atoms with E-state index in [4.69, 9.17) is 33.2 Å². The lowest BCUT2D eigenvalue weighted by Crippen LogP contribution is -2.41. The molecule has 0 saturated heterocycles. The summed E-state index contributed by atoms with van der Waals surface area (Å²) >= 11 is 0. The highest BCUT2D eigenvalue weighted by Crippen LogP contribution is 2.22. The van der Waals surface area contributed by atoms with Gasteiger partial charge < -0.3 is 38.3 Å². The van der Waals surface area contributed by atoms with E-state index >= 15 is 0 Å². The van der Waals surface area contributed by atoms with E-state index in [1.165, 1.54) is 0 Å². The van der Waals surface area contributed by atoms with Crippen molar-refractivity contribution < 1.29 is 38.3 Å². The van der Waals surface area contributed by atoms with Gasteiger partial charge >= 0.3 is 0 Å². The molecule has 8 nitrogen and oxygen atoms in total. The van der Waals surface area contributed by atoms with E-state index in [0.717, 1.165) is 19.3 Å². The van der Waals surface area contributed by atoms with Crippen molar-refractivity contribution in [3.05, 3.63) is 0 Å². The first-order valence-electron chi connectivity index (χ1n) is 13.8. The first-order chi connectivity index (χ1) is 16.9. The fourth-order valence-electron chi connectivity index (χ4n) is 3.47. The third-order valence-electron chi connectivity index (χ3n) is 5.75. The van der Waals surface area contributed by atoms with Crippen molar-refractivity contribution in [2.24, 2.45) is 0 Å². The molecule has 1 N–H and O–H groups in total.